The van der Waals surface area contributed by atoms with E-state index in [1.165, 1.54) is 0 Å². The number of rotatable bonds is 3. The van der Waals surface area contributed by atoms with Crippen LogP contribution in [0.2, 0.25) is 0 Å². The summed E-state index contributed by atoms with van der Waals surface area (Å²) in [6.07, 6.45) is 4.36. The van der Waals surface area contributed by atoms with Gasteiger partial charge in [0.1, 0.15) is 5.82 Å². The van der Waals surface area contributed by atoms with Crippen LogP contribution in [-0.4, -0.2) is 15.5 Å². The van der Waals surface area contributed by atoms with Gasteiger partial charge in [-0.3, -0.25) is 4.79 Å². The number of esters is 1. The van der Waals surface area contributed by atoms with E-state index in [9.17, 15) is 4.79 Å². The number of nitrogens with zero attached hydrogens (tertiary/aromatic N) is 2. The summed E-state index contributed by atoms with van der Waals surface area (Å²) in [7, 11) is 0. The van der Waals surface area contributed by atoms with Crippen LogP contribution in [0.5, 0.6) is 0 Å². The van der Waals surface area contributed by atoms with Gasteiger partial charge in [0.05, 0.1) is 5.41 Å². The fourth-order valence-electron chi connectivity index (χ4n) is 1.12. The van der Waals surface area contributed by atoms with Crippen LogP contribution in [0.15, 0.2) is 12.4 Å². The number of imidazole rings is 1. The third-order valence-electron chi connectivity index (χ3n) is 2.07. The molecule has 0 aliphatic heterocycles. The average molecular weight is 210 g/mol. The molecule has 0 fully saturated rings. The largest absolute Gasteiger partial charge is 0.443 e. The lowest BCUT2D eigenvalue weighted by molar-refractivity contribution is -0.157. The van der Waals surface area contributed by atoms with Crippen molar-refractivity contribution in [2.24, 2.45) is 5.41 Å². The third kappa shape index (κ3) is 3.08. The lowest BCUT2D eigenvalue weighted by atomic mass is 9.98. The Labute approximate surface area is 90.3 Å². The molecule has 0 aliphatic carbocycles. The molecule has 0 saturated heterocycles. The zero-order chi connectivity index (χ0) is 11.5. The van der Waals surface area contributed by atoms with E-state index in [0.717, 1.165) is 12.2 Å². The Morgan fingerprint density at radius 1 is 1.53 bits per heavy atom. The van der Waals surface area contributed by atoms with Crippen molar-refractivity contribution >= 4 is 5.97 Å². The molecule has 0 radical (unpaired) electrons. The van der Waals surface area contributed by atoms with Gasteiger partial charge in [-0.25, -0.2) is 4.98 Å². The van der Waals surface area contributed by atoms with E-state index in [2.05, 4.69) is 4.98 Å². The highest BCUT2D eigenvalue weighted by atomic mass is 16.5. The van der Waals surface area contributed by atoms with Crippen LogP contribution in [0.1, 0.15) is 33.5 Å². The molecular weight excluding hydrogens is 192 g/mol. The maximum absolute atomic E-state index is 11.5. The predicted molar refractivity (Wildman–Crippen MR) is 57.2 cm³/mol. The molecule has 0 atom stereocenters. The SMILES string of the molecule is CCc1nccn1COC(=O)C(C)(C)C. The molecule has 15 heavy (non-hydrogen) atoms. The standard InChI is InChI=1S/C11H18N2O2/c1-5-9-12-6-7-13(9)8-15-10(14)11(2,3)4/h6-7H,5,8H2,1-4H3. The first-order chi connectivity index (χ1) is 6.95. The van der Waals surface area contributed by atoms with Crippen LogP contribution in [0.25, 0.3) is 0 Å². The second-order valence-electron chi connectivity index (χ2n) is 4.48. The molecule has 0 N–H and O–H groups in total. The number of carbonyl (C=O) groups excluding carboxylic acids is 1. The van der Waals surface area contributed by atoms with E-state index < -0.39 is 5.41 Å². The van der Waals surface area contributed by atoms with Crippen LogP contribution in [0.4, 0.5) is 0 Å². The molecule has 1 aromatic heterocycles. The van der Waals surface area contributed by atoms with Gasteiger partial charge < -0.3 is 9.30 Å². The van der Waals surface area contributed by atoms with Gasteiger partial charge in [0, 0.05) is 18.8 Å². The van der Waals surface area contributed by atoms with Gasteiger partial charge in [-0.1, -0.05) is 6.92 Å². The van der Waals surface area contributed by atoms with Crippen molar-refractivity contribution in [3.8, 4) is 0 Å². The molecule has 1 aromatic rings. The van der Waals surface area contributed by atoms with E-state index >= 15 is 0 Å². The topological polar surface area (TPSA) is 44.1 Å². The minimum absolute atomic E-state index is 0.196. The lowest BCUT2D eigenvalue weighted by Gasteiger charge is -2.17. The van der Waals surface area contributed by atoms with Crippen LogP contribution in [-0.2, 0) is 22.7 Å². The van der Waals surface area contributed by atoms with Crippen LogP contribution < -0.4 is 0 Å². The van der Waals surface area contributed by atoms with Crippen molar-refractivity contribution in [3.63, 3.8) is 0 Å². The van der Waals surface area contributed by atoms with Crippen LogP contribution in [0.3, 0.4) is 0 Å². The Balaban J connectivity index is 2.54. The van der Waals surface area contributed by atoms with Crippen molar-refractivity contribution in [1.82, 2.24) is 9.55 Å². The van der Waals surface area contributed by atoms with Crippen molar-refractivity contribution in [2.75, 3.05) is 0 Å². The lowest BCUT2D eigenvalue weighted by Crippen LogP contribution is -2.24. The van der Waals surface area contributed by atoms with Crippen molar-refractivity contribution < 1.29 is 9.53 Å². The Morgan fingerprint density at radius 3 is 2.73 bits per heavy atom. The molecule has 1 rings (SSSR count). The van der Waals surface area contributed by atoms with Gasteiger partial charge >= 0.3 is 5.97 Å². The number of carbonyl (C=O) groups is 1. The minimum Gasteiger partial charge on any atom is -0.443 e. The molecule has 0 aromatic carbocycles. The van der Waals surface area contributed by atoms with Gasteiger partial charge in [-0.15, -0.1) is 0 Å². The summed E-state index contributed by atoms with van der Waals surface area (Å²) in [6, 6.07) is 0. The van der Waals surface area contributed by atoms with E-state index in [0.29, 0.717) is 0 Å². The van der Waals surface area contributed by atoms with Crippen molar-refractivity contribution in [1.29, 1.82) is 0 Å². The van der Waals surface area contributed by atoms with E-state index in [4.69, 9.17) is 4.74 Å². The Hall–Kier alpha value is -1.32. The molecule has 0 spiro atoms. The van der Waals surface area contributed by atoms with E-state index in [1.54, 1.807) is 6.20 Å². The summed E-state index contributed by atoms with van der Waals surface area (Å²) >= 11 is 0. The molecule has 1 heterocycles. The highest BCUT2D eigenvalue weighted by molar-refractivity contribution is 5.75. The second-order valence-corrected chi connectivity index (χ2v) is 4.48. The van der Waals surface area contributed by atoms with Crippen molar-refractivity contribution in [2.45, 2.75) is 40.8 Å². The third-order valence-corrected chi connectivity index (χ3v) is 2.07. The van der Waals surface area contributed by atoms with Gasteiger partial charge in [0.2, 0.25) is 0 Å². The van der Waals surface area contributed by atoms with E-state index in [1.807, 2.05) is 38.5 Å². The Morgan fingerprint density at radius 2 is 2.20 bits per heavy atom. The van der Waals surface area contributed by atoms with Gasteiger partial charge in [0.25, 0.3) is 0 Å². The first-order valence-corrected chi connectivity index (χ1v) is 5.12. The van der Waals surface area contributed by atoms with Gasteiger partial charge in [0.15, 0.2) is 6.73 Å². The van der Waals surface area contributed by atoms with Gasteiger partial charge in [-0.2, -0.15) is 0 Å². The second kappa shape index (κ2) is 4.47. The summed E-state index contributed by atoms with van der Waals surface area (Å²) in [5, 5.41) is 0. The average Bonchev–Trinajstić information content (AvgIpc) is 2.59. The molecule has 84 valence electrons. The van der Waals surface area contributed by atoms with Crippen LogP contribution in [0, 0.1) is 5.41 Å². The summed E-state index contributed by atoms with van der Waals surface area (Å²) in [4.78, 5) is 15.6. The minimum atomic E-state index is -0.451. The molecule has 0 bridgehead atoms. The molecule has 0 saturated carbocycles. The number of hydrogen-bond donors (Lipinski definition) is 0. The molecular formula is C11H18N2O2. The summed E-state index contributed by atoms with van der Waals surface area (Å²) in [5.41, 5.74) is -0.451. The molecule has 0 aliphatic rings. The molecule has 4 heteroatoms. The van der Waals surface area contributed by atoms with Gasteiger partial charge in [-0.05, 0) is 20.8 Å². The van der Waals surface area contributed by atoms with E-state index in [-0.39, 0.29) is 12.7 Å². The maximum atomic E-state index is 11.5. The first kappa shape index (κ1) is 11.8. The zero-order valence-corrected chi connectivity index (χ0v) is 9.78. The number of hydrogen-bond acceptors (Lipinski definition) is 3. The smallest absolute Gasteiger partial charge is 0.312 e. The fourth-order valence-corrected chi connectivity index (χ4v) is 1.12. The number of ether oxygens (including phenoxy) is 1. The number of aryl methyl sites for hydroxylation is 1. The predicted octanol–water partition coefficient (Wildman–Crippen LogP) is 1.99. The monoisotopic (exact) mass is 210 g/mol. The molecule has 4 nitrogen and oxygen atoms in total. The summed E-state index contributed by atoms with van der Waals surface area (Å²) in [5.74, 6) is 0.731. The quantitative estimate of drug-likeness (QED) is 0.717. The summed E-state index contributed by atoms with van der Waals surface area (Å²) < 4.78 is 7.01. The first-order valence-electron chi connectivity index (χ1n) is 5.12. The van der Waals surface area contributed by atoms with Crippen molar-refractivity contribution in [3.05, 3.63) is 18.2 Å². The Kier molecular flexibility index (Phi) is 3.50. The highest BCUT2D eigenvalue weighted by Crippen LogP contribution is 2.15. The Bertz CT molecular complexity index is 337. The maximum Gasteiger partial charge on any atom is 0.312 e. The normalized spacial score (nSPS) is 11.5. The highest BCUT2D eigenvalue weighted by Gasteiger charge is 2.23. The molecule has 0 unspecified atom stereocenters. The summed E-state index contributed by atoms with van der Waals surface area (Å²) in [6.45, 7) is 7.78. The molecule has 0 amide bonds. The fraction of sp³-hybridized carbons (Fsp3) is 0.636. The zero-order valence-electron chi connectivity index (χ0n) is 9.78. The number of aromatic nitrogens is 2. The van der Waals surface area contributed by atoms with Crippen LogP contribution >= 0.6 is 0 Å².